The van der Waals surface area contributed by atoms with E-state index >= 15 is 0 Å². The Morgan fingerprint density at radius 1 is 0.652 bits per heavy atom. The summed E-state index contributed by atoms with van der Waals surface area (Å²) in [6, 6.07) is 25.7. The zero-order valence-electron chi connectivity index (χ0n) is 13.5. The lowest BCUT2D eigenvalue weighted by Gasteiger charge is -2.06. The summed E-state index contributed by atoms with van der Waals surface area (Å²) < 4.78 is 0. The Bertz CT molecular complexity index is 766. The molecule has 3 aromatic rings. The second kappa shape index (κ2) is 7.06. The van der Waals surface area contributed by atoms with Gasteiger partial charge >= 0.3 is 0 Å². The molecule has 0 N–H and O–H groups in total. The van der Waals surface area contributed by atoms with Crippen molar-refractivity contribution >= 4 is 12.4 Å². The van der Waals surface area contributed by atoms with E-state index in [9.17, 15) is 0 Å². The molecule has 3 aromatic carbocycles. The molecule has 0 aromatic heterocycles. The molecule has 0 bridgehead atoms. The highest BCUT2D eigenvalue weighted by atomic mass is 14.7. The molecule has 0 saturated carbocycles. The van der Waals surface area contributed by atoms with Crippen molar-refractivity contribution in [3.63, 3.8) is 0 Å². The van der Waals surface area contributed by atoms with Crippen LogP contribution in [0, 0.1) is 0 Å². The van der Waals surface area contributed by atoms with Gasteiger partial charge in [0.05, 0.1) is 5.69 Å². The van der Waals surface area contributed by atoms with Gasteiger partial charge in [-0.2, -0.15) is 0 Å². The standard InChI is InChI=1S/C22H21N/c1-3-4-17-5-7-18(8-6-17)19-9-11-20(12-10-19)21-13-15-22(23-2)16-14-21/h5-16H,2-4H2,1H3. The van der Waals surface area contributed by atoms with Gasteiger partial charge in [0.1, 0.15) is 0 Å². The fourth-order valence-corrected chi connectivity index (χ4v) is 2.77. The van der Waals surface area contributed by atoms with Crippen molar-refractivity contribution in [1.82, 2.24) is 0 Å². The molecule has 0 radical (unpaired) electrons. The summed E-state index contributed by atoms with van der Waals surface area (Å²) in [6.07, 6.45) is 2.34. The van der Waals surface area contributed by atoms with Crippen LogP contribution in [0.2, 0.25) is 0 Å². The summed E-state index contributed by atoms with van der Waals surface area (Å²) in [5, 5.41) is 0. The fourth-order valence-electron chi connectivity index (χ4n) is 2.77. The van der Waals surface area contributed by atoms with Crippen molar-refractivity contribution in [2.45, 2.75) is 19.8 Å². The van der Waals surface area contributed by atoms with Crippen molar-refractivity contribution in [1.29, 1.82) is 0 Å². The summed E-state index contributed by atoms with van der Waals surface area (Å²) in [7, 11) is 0. The smallest absolute Gasteiger partial charge is 0.0622 e. The second-order valence-electron chi connectivity index (χ2n) is 5.73. The van der Waals surface area contributed by atoms with Crippen LogP contribution >= 0.6 is 0 Å². The highest BCUT2D eigenvalue weighted by Gasteiger charge is 2.01. The molecule has 0 unspecified atom stereocenters. The molecule has 0 atom stereocenters. The van der Waals surface area contributed by atoms with E-state index in [1.54, 1.807) is 0 Å². The van der Waals surface area contributed by atoms with Gasteiger partial charge in [-0.25, -0.2) is 0 Å². The van der Waals surface area contributed by atoms with E-state index in [4.69, 9.17) is 0 Å². The minimum atomic E-state index is 0.900. The third-order valence-electron chi connectivity index (χ3n) is 4.09. The molecule has 0 amide bonds. The summed E-state index contributed by atoms with van der Waals surface area (Å²) in [6.45, 7) is 5.76. The van der Waals surface area contributed by atoms with Crippen molar-refractivity contribution in [3.05, 3.63) is 78.4 Å². The SMILES string of the molecule is C=Nc1ccc(-c2ccc(-c3ccc(CCC)cc3)cc2)cc1. The van der Waals surface area contributed by atoms with Crippen LogP contribution < -0.4 is 0 Å². The van der Waals surface area contributed by atoms with Gasteiger partial charge in [0, 0.05) is 0 Å². The first-order valence-electron chi connectivity index (χ1n) is 8.06. The number of nitrogens with zero attached hydrogens (tertiary/aromatic N) is 1. The zero-order chi connectivity index (χ0) is 16.1. The highest BCUT2D eigenvalue weighted by Crippen LogP contribution is 2.26. The summed E-state index contributed by atoms with van der Waals surface area (Å²) in [4.78, 5) is 3.93. The van der Waals surface area contributed by atoms with Crippen LogP contribution in [0.4, 0.5) is 5.69 Å². The summed E-state index contributed by atoms with van der Waals surface area (Å²) in [5.41, 5.74) is 7.24. The van der Waals surface area contributed by atoms with Crippen LogP contribution in [0.15, 0.2) is 77.8 Å². The molecule has 1 nitrogen and oxygen atoms in total. The highest BCUT2D eigenvalue weighted by molar-refractivity contribution is 5.71. The molecule has 0 saturated heterocycles. The van der Waals surface area contributed by atoms with E-state index in [1.165, 1.54) is 34.2 Å². The van der Waals surface area contributed by atoms with Crippen LogP contribution in [0.5, 0.6) is 0 Å². The molecule has 0 aliphatic heterocycles. The first kappa shape index (κ1) is 15.2. The Morgan fingerprint density at radius 3 is 1.43 bits per heavy atom. The second-order valence-corrected chi connectivity index (χ2v) is 5.73. The number of hydrogen-bond acceptors (Lipinski definition) is 1. The third-order valence-corrected chi connectivity index (χ3v) is 4.09. The van der Waals surface area contributed by atoms with Crippen molar-refractivity contribution in [3.8, 4) is 22.3 Å². The summed E-state index contributed by atoms with van der Waals surface area (Å²) in [5.74, 6) is 0. The van der Waals surface area contributed by atoms with Gasteiger partial charge in [-0.3, -0.25) is 4.99 Å². The van der Waals surface area contributed by atoms with Gasteiger partial charge < -0.3 is 0 Å². The molecule has 1 heteroatoms. The van der Waals surface area contributed by atoms with Crippen molar-refractivity contribution < 1.29 is 0 Å². The predicted octanol–water partition coefficient (Wildman–Crippen LogP) is 6.31. The first-order chi connectivity index (χ1) is 11.3. The van der Waals surface area contributed by atoms with Gasteiger partial charge in [0.25, 0.3) is 0 Å². The van der Waals surface area contributed by atoms with E-state index in [2.05, 4.69) is 79.3 Å². The zero-order valence-corrected chi connectivity index (χ0v) is 13.5. The maximum absolute atomic E-state index is 3.93. The van der Waals surface area contributed by atoms with Gasteiger partial charge in [-0.1, -0.05) is 74.0 Å². The van der Waals surface area contributed by atoms with Gasteiger partial charge in [-0.05, 0) is 53.1 Å². The van der Waals surface area contributed by atoms with E-state index < -0.39 is 0 Å². The molecule has 0 aliphatic carbocycles. The molecule has 0 aliphatic rings. The minimum absolute atomic E-state index is 0.900. The lowest BCUT2D eigenvalue weighted by atomic mass is 9.99. The normalized spacial score (nSPS) is 10.5. The topological polar surface area (TPSA) is 12.4 Å². The molecule has 114 valence electrons. The van der Waals surface area contributed by atoms with Gasteiger partial charge in [0.2, 0.25) is 0 Å². The lowest BCUT2D eigenvalue weighted by Crippen LogP contribution is -1.84. The maximum Gasteiger partial charge on any atom is 0.0622 e. The summed E-state index contributed by atoms with van der Waals surface area (Å²) >= 11 is 0. The van der Waals surface area contributed by atoms with Crippen LogP contribution in [-0.2, 0) is 6.42 Å². The van der Waals surface area contributed by atoms with E-state index in [0.717, 1.165) is 12.1 Å². The first-order valence-corrected chi connectivity index (χ1v) is 8.06. The molecule has 3 rings (SSSR count). The van der Waals surface area contributed by atoms with Crippen LogP contribution in [0.3, 0.4) is 0 Å². The molecule has 23 heavy (non-hydrogen) atoms. The Hall–Kier alpha value is -2.67. The predicted molar refractivity (Wildman–Crippen MR) is 101 cm³/mol. The number of aryl methyl sites for hydroxylation is 1. The van der Waals surface area contributed by atoms with Gasteiger partial charge in [0.15, 0.2) is 0 Å². The molecule has 0 spiro atoms. The van der Waals surface area contributed by atoms with Gasteiger partial charge in [-0.15, -0.1) is 0 Å². The maximum atomic E-state index is 3.93. The minimum Gasteiger partial charge on any atom is -0.265 e. The number of rotatable bonds is 5. The molecular formula is C22H21N. The van der Waals surface area contributed by atoms with Crippen molar-refractivity contribution in [2.75, 3.05) is 0 Å². The Balaban J connectivity index is 1.81. The number of benzene rings is 3. The van der Waals surface area contributed by atoms with Crippen molar-refractivity contribution in [2.24, 2.45) is 4.99 Å². The number of hydrogen-bond donors (Lipinski definition) is 0. The monoisotopic (exact) mass is 299 g/mol. The third kappa shape index (κ3) is 3.57. The van der Waals surface area contributed by atoms with Crippen LogP contribution in [0.1, 0.15) is 18.9 Å². The molecule has 0 heterocycles. The van der Waals surface area contributed by atoms with Crippen LogP contribution in [0.25, 0.3) is 22.3 Å². The van der Waals surface area contributed by atoms with E-state index in [1.807, 2.05) is 12.1 Å². The molecule has 0 fully saturated rings. The fraction of sp³-hybridized carbons (Fsp3) is 0.136. The largest absolute Gasteiger partial charge is 0.265 e. The Morgan fingerprint density at radius 2 is 1.04 bits per heavy atom. The quantitative estimate of drug-likeness (QED) is 0.490. The Labute approximate surface area is 138 Å². The van der Waals surface area contributed by atoms with Crippen LogP contribution in [-0.4, -0.2) is 6.72 Å². The van der Waals surface area contributed by atoms with E-state index in [-0.39, 0.29) is 0 Å². The number of aliphatic imine (C=N–C) groups is 1. The average Bonchev–Trinajstić information content (AvgIpc) is 2.63. The average molecular weight is 299 g/mol. The van der Waals surface area contributed by atoms with E-state index in [0.29, 0.717) is 0 Å². The molecular weight excluding hydrogens is 278 g/mol. The lowest BCUT2D eigenvalue weighted by molar-refractivity contribution is 0.922. The Kier molecular flexibility index (Phi) is 4.68.